The Morgan fingerprint density at radius 2 is 2.19 bits per heavy atom. The van der Waals surface area contributed by atoms with Crippen LogP contribution in [0.25, 0.3) is 0 Å². The van der Waals surface area contributed by atoms with Crippen LogP contribution in [0.2, 0.25) is 0 Å². The summed E-state index contributed by atoms with van der Waals surface area (Å²) >= 11 is 5.65. The van der Waals surface area contributed by atoms with Gasteiger partial charge in [-0.1, -0.05) is 12.1 Å². The average molecular weight is 235 g/mol. The molecule has 0 aliphatic carbocycles. The van der Waals surface area contributed by atoms with Crippen LogP contribution in [0.4, 0.5) is 0 Å². The summed E-state index contributed by atoms with van der Waals surface area (Å²) in [5, 5.41) is 8.86. The lowest BCUT2D eigenvalue weighted by molar-refractivity contribution is 0.0835. The molecule has 1 aliphatic rings. The van der Waals surface area contributed by atoms with Crippen molar-refractivity contribution in [2.24, 2.45) is 0 Å². The van der Waals surface area contributed by atoms with Crippen LogP contribution >= 0.6 is 11.6 Å². The Kier molecular flexibility index (Phi) is 2.80. The first-order chi connectivity index (χ1) is 7.77. The van der Waals surface area contributed by atoms with Gasteiger partial charge in [-0.3, -0.25) is 9.69 Å². The maximum atomic E-state index is 12.0. The minimum absolute atomic E-state index is 0.0874. The molecule has 0 fully saturated rings. The molecule has 5 heteroatoms. The highest BCUT2D eigenvalue weighted by Crippen LogP contribution is 2.25. The molecule has 0 N–H and O–H groups in total. The Balaban J connectivity index is 2.53. The zero-order valence-corrected chi connectivity index (χ0v) is 8.94. The van der Waals surface area contributed by atoms with Gasteiger partial charge >= 0.3 is 0 Å². The molecule has 1 aromatic carbocycles. The van der Waals surface area contributed by atoms with E-state index in [-0.39, 0.29) is 17.6 Å². The maximum Gasteiger partial charge on any atom is 0.263 e. The van der Waals surface area contributed by atoms with Crippen molar-refractivity contribution in [2.75, 3.05) is 6.00 Å². The molecule has 0 saturated carbocycles. The van der Waals surface area contributed by atoms with E-state index >= 15 is 0 Å². The van der Waals surface area contributed by atoms with Crippen LogP contribution in [0.3, 0.4) is 0 Å². The van der Waals surface area contributed by atoms with Gasteiger partial charge in [0.05, 0.1) is 5.56 Å². The number of carbonyl (C=O) groups excluding carboxylic acids is 1. The van der Waals surface area contributed by atoms with Gasteiger partial charge in [-0.25, -0.2) is 0 Å². The minimum atomic E-state index is -0.337. The summed E-state index contributed by atoms with van der Waals surface area (Å²) in [4.78, 5) is 13.2. The van der Waals surface area contributed by atoms with Gasteiger partial charge in [0, 0.05) is 0 Å². The lowest BCUT2D eigenvalue weighted by Crippen LogP contribution is -2.27. The van der Waals surface area contributed by atoms with E-state index in [0.29, 0.717) is 11.3 Å². The maximum absolute atomic E-state index is 12.0. The zero-order chi connectivity index (χ0) is 11.5. The molecular formula is C11H7ClN2O2. The lowest BCUT2D eigenvalue weighted by atomic mass is 10.2. The first-order valence-electron chi connectivity index (χ1n) is 4.51. The molecule has 0 radical (unpaired) electrons. The molecule has 0 atom stereocenters. The summed E-state index contributed by atoms with van der Waals surface area (Å²) in [7, 11) is 0. The third-order valence-corrected chi connectivity index (χ3v) is 2.42. The first-order valence-corrected chi connectivity index (χ1v) is 5.05. The number of nitrogens with zero attached hydrogens (tertiary/aromatic N) is 2. The topological polar surface area (TPSA) is 53.3 Å². The number of hydrogen-bond donors (Lipinski definition) is 0. The summed E-state index contributed by atoms with van der Waals surface area (Å²) in [5.74, 6) is 0.0868. The Morgan fingerprint density at radius 3 is 2.88 bits per heavy atom. The largest absolute Gasteiger partial charge is 0.461 e. The molecule has 2 rings (SSSR count). The molecule has 1 aliphatic heterocycles. The number of amides is 1. The molecule has 1 heterocycles. The van der Waals surface area contributed by atoms with Crippen molar-refractivity contribution in [2.45, 2.75) is 0 Å². The van der Waals surface area contributed by atoms with E-state index in [1.54, 1.807) is 24.3 Å². The number of carbonyl (C=O) groups is 1. The number of hydrogen-bond acceptors (Lipinski definition) is 3. The van der Waals surface area contributed by atoms with E-state index < -0.39 is 0 Å². The number of nitriles is 1. The second-order valence-corrected chi connectivity index (χ2v) is 3.32. The SMILES string of the molecule is N#CC1=COc2ccccc2C(=O)N1CCl. The van der Waals surface area contributed by atoms with E-state index in [4.69, 9.17) is 21.6 Å². The van der Waals surface area contributed by atoms with Crippen LogP contribution in [0.15, 0.2) is 36.2 Å². The van der Waals surface area contributed by atoms with E-state index in [2.05, 4.69) is 0 Å². The van der Waals surface area contributed by atoms with Crippen LogP contribution in [0.1, 0.15) is 10.4 Å². The number of para-hydroxylation sites is 1. The van der Waals surface area contributed by atoms with Crippen molar-refractivity contribution in [1.29, 1.82) is 5.26 Å². The van der Waals surface area contributed by atoms with Gasteiger partial charge in [0.1, 0.15) is 24.1 Å². The number of ether oxygens (including phenoxy) is 1. The van der Waals surface area contributed by atoms with Crippen molar-refractivity contribution in [1.82, 2.24) is 4.90 Å². The van der Waals surface area contributed by atoms with Crippen LogP contribution in [-0.2, 0) is 0 Å². The predicted octanol–water partition coefficient (Wildman–Crippen LogP) is 2.08. The van der Waals surface area contributed by atoms with E-state index in [0.717, 1.165) is 4.90 Å². The molecule has 80 valence electrons. The Hall–Kier alpha value is -1.99. The highest BCUT2D eigenvalue weighted by molar-refractivity contribution is 6.19. The fourth-order valence-corrected chi connectivity index (χ4v) is 1.63. The zero-order valence-electron chi connectivity index (χ0n) is 8.18. The highest BCUT2D eigenvalue weighted by atomic mass is 35.5. The molecule has 0 aromatic heterocycles. The van der Waals surface area contributed by atoms with Crippen LogP contribution in [0, 0.1) is 11.3 Å². The number of benzene rings is 1. The molecule has 4 nitrogen and oxygen atoms in total. The van der Waals surface area contributed by atoms with Gasteiger partial charge in [-0.15, -0.1) is 11.6 Å². The normalized spacial score (nSPS) is 14.4. The third kappa shape index (κ3) is 1.62. The fourth-order valence-electron chi connectivity index (χ4n) is 1.39. The molecule has 0 bridgehead atoms. The molecule has 1 amide bonds. The summed E-state index contributed by atoms with van der Waals surface area (Å²) in [5.41, 5.74) is 0.487. The van der Waals surface area contributed by atoms with E-state index in [9.17, 15) is 4.79 Å². The van der Waals surface area contributed by atoms with Crippen molar-refractivity contribution < 1.29 is 9.53 Å². The van der Waals surface area contributed by atoms with Crippen LogP contribution < -0.4 is 4.74 Å². The Morgan fingerprint density at radius 1 is 1.44 bits per heavy atom. The number of halogens is 1. The van der Waals surface area contributed by atoms with E-state index in [1.165, 1.54) is 6.26 Å². The van der Waals surface area contributed by atoms with Gasteiger partial charge in [0.2, 0.25) is 0 Å². The monoisotopic (exact) mass is 234 g/mol. The summed E-state index contributed by atoms with van der Waals surface area (Å²) in [6, 6.07) is 8.55. The summed E-state index contributed by atoms with van der Waals surface area (Å²) < 4.78 is 5.25. The first kappa shape index (κ1) is 10.5. The quantitative estimate of drug-likeness (QED) is 0.552. The minimum Gasteiger partial charge on any atom is -0.461 e. The van der Waals surface area contributed by atoms with Crippen molar-refractivity contribution in [3.8, 4) is 11.8 Å². The van der Waals surface area contributed by atoms with Gasteiger partial charge in [0.15, 0.2) is 5.70 Å². The number of rotatable bonds is 1. The van der Waals surface area contributed by atoms with Crippen LogP contribution in [0.5, 0.6) is 5.75 Å². The van der Waals surface area contributed by atoms with Gasteiger partial charge in [-0.2, -0.15) is 5.26 Å². The molecule has 1 aromatic rings. The fraction of sp³-hybridized carbons (Fsp3) is 0.0909. The van der Waals surface area contributed by atoms with Gasteiger partial charge < -0.3 is 4.74 Å². The summed E-state index contributed by atoms with van der Waals surface area (Å²) in [6.45, 7) is 0. The lowest BCUT2D eigenvalue weighted by Gasteiger charge is -2.15. The average Bonchev–Trinajstić information content (AvgIpc) is 2.46. The standard InChI is InChI=1S/C11H7ClN2O2/c12-7-14-8(5-13)6-16-10-4-2-1-3-9(10)11(14)15/h1-4,6H,7H2. The van der Waals surface area contributed by atoms with Crippen LogP contribution in [-0.4, -0.2) is 16.8 Å². The number of allylic oxidation sites excluding steroid dienone is 1. The summed E-state index contributed by atoms with van der Waals surface area (Å²) in [6.07, 6.45) is 1.23. The van der Waals surface area contributed by atoms with Gasteiger partial charge in [0.25, 0.3) is 5.91 Å². The highest BCUT2D eigenvalue weighted by Gasteiger charge is 2.25. The number of alkyl halides is 1. The Labute approximate surface area is 97.3 Å². The second kappa shape index (κ2) is 4.25. The molecular weight excluding hydrogens is 228 g/mol. The second-order valence-electron chi connectivity index (χ2n) is 3.08. The van der Waals surface area contributed by atoms with Crippen molar-refractivity contribution >= 4 is 17.5 Å². The number of fused-ring (bicyclic) bond motifs is 1. The van der Waals surface area contributed by atoms with Gasteiger partial charge in [-0.05, 0) is 12.1 Å². The Bertz CT molecular complexity index is 505. The van der Waals surface area contributed by atoms with Crippen molar-refractivity contribution in [3.63, 3.8) is 0 Å². The van der Waals surface area contributed by atoms with E-state index in [1.807, 2.05) is 6.07 Å². The third-order valence-electron chi connectivity index (χ3n) is 2.19. The van der Waals surface area contributed by atoms with Crippen molar-refractivity contribution in [3.05, 3.63) is 41.8 Å². The predicted molar refractivity (Wildman–Crippen MR) is 57.7 cm³/mol. The molecule has 0 unspecified atom stereocenters. The molecule has 0 spiro atoms. The molecule has 0 saturated heterocycles. The molecule has 16 heavy (non-hydrogen) atoms. The smallest absolute Gasteiger partial charge is 0.263 e.